The molecule has 1 heterocycles. The molecule has 1 aliphatic rings. The van der Waals surface area contributed by atoms with E-state index < -0.39 is 4.92 Å². The Bertz CT molecular complexity index is 546. The molecule has 0 aromatic heterocycles. The highest BCUT2D eigenvalue weighted by Crippen LogP contribution is 2.29. The van der Waals surface area contributed by atoms with Crippen molar-refractivity contribution in [1.82, 2.24) is 4.81 Å². The Balaban J connectivity index is 2.20. The molecule has 112 valence electrons. The lowest BCUT2D eigenvalue weighted by Gasteiger charge is -2.27. The zero-order valence-corrected chi connectivity index (χ0v) is 12.4. The monoisotopic (exact) mass is 290 g/mol. The average Bonchev–Trinajstić information content (AvgIpc) is 2.48. The topological polar surface area (TPSA) is 64.8 Å². The molecule has 0 N–H and O–H groups in total. The minimum absolute atomic E-state index is 0.00333. The summed E-state index contributed by atoms with van der Waals surface area (Å²) in [5.41, 5.74) is 2.09. The molecule has 2 rings (SSSR count). The molecule has 0 unspecified atom stereocenters. The largest absolute Gasteiger partial charge is 0.490 e. The van der Waals surface area contributed by atoms with Crippen molar-refractivity contribution < 1.29 is 14.3 Å². The lowest BCUT2D eigenvalue weighted by atomic mass is 9.97. The summed E-state index contributed by atoms with van der Waals surface area (Å²) >= 11 is 0. The first-order chi connectivity index (χ1) is 10.1. The van der Waals surface area contributed by atoms with Gasteiger partial charge in [0.25, 0.3) is 0 Å². The maximum atomic E-state index is 11.0. The first-order valence-electron chi connectivity index (χ1n) is 6.87. The number of nitro groups is 1. The van der Waals surface area contributed by atoms with Gasteiger partial charge in [-0.1, -0.05) is 17.7 Å². The van der Waals surface area contributed by atoms with Crippen LogP contribution in [0.1, 0.15) is 18.4 Å². The molecule has 21 heavy (non-hydrogen) atoms. The van der Waals surface area contributed by atoms with Gasteiger partial charge in [-0.15, -0.1) is 0 Å². The first kappa shape index (κ1) is 15.5. The van der Waals surface area contributed by atoms with Crippen LogP contribution < -0.4 is 4.74 Å². The van der Waals surface area contributed by atoms with E-state index in [1.807, 2.05) is 12.1 Å². The van der Waals surface area contributed by atoms with Gasteiger partial charge in [0.15, 0.2) is 5.75 Å². The van der Waals surface area contributed by atoms with Crippen LogP contribution in [0.25, 0.3) is 6.08 Å². The second kappa shape index (κ2) is 7.24. The van der Waals surface area contributed by atoms with Gasteiger partial charge in [0, 0.05) is 19.7 Å². The summed E-state index contributed by atoms with van der Waals surface area (Å²) in [5, 5.41) is 11.0. The predicted molar refractivity (Wildman–Crippen MR) is 82.6 cm³/mol. The van der Waals surface area contributed by atoms with Gasteiger partial charge in [0.2, 0.25) is 0 Å². The third-order valence-electron chi connectivity index (χ3n) is 3.48. The van der Waals surface area contributed by atoms with Crippen molar-refractivity contribution in [3.8, 4) is 5.75 Å². The zero-order chi connectivity index (χ0) is 15.2. The number of benzene rings is 1. The van der Waals surface area contributed by atoms with Crippen molar-refractivity contribution in [2.75, 3.05) is 27.3 Å². The molecule has 1 aromatic carbocycles. The van der Waals surface area contributed by atoms with Gasteiger partial charge in [-0.25, -0.2) is 0 Å². The number of hydrogen-bond acceptors (Lipinski definition) is 5. The molecule has 0 aliphatic carbocycles. The van der Waals surface area contributed by atoms with Gasteiger partial charge >= 0.3 is 13.3 Å². The third-order valence-corrected chi connectivity index (χ3v) is 3.48. The number of rotatable bonds is 5. The van der Waals surface area contributed by atoms with Crippen molar-refractivity contribution >= 4 is 19.4 Å². The standard InChI is InChI=1S/C14H19BN2O4/c1-20-14-6-5-11(9-13(14)17(18)19)8-12-4-3-7-16(10-12)15-21-2/h5-6,8-9,15H,3-4,7,10H2,1-2H3. The van der Waals surface area contributed by atoms with E-state index in [-0.39, 0.29) is 11.4 Å². The predicted octanol–water partition coefficient (Wildman–Crippen LogP) is 2.00. The Labute approximate surface area is 124 Å². The van der Waals surface area contributed by atoms with Crippen LogP contribution in [0.15, 0.2) is 23.8 Å². The molecule has 0 bridgehead atoms. The molecule has 7 heteroatoms. The number of nitro benzene ring substituents is 1. The highest BCUT2D eigenvalue weighted by atomic mass is 16.6. The number of nitrogens with zero attached hydrogens (tertiary/aromatic N) is 2. The van der Waals surface area contributed by atoms with Crippen molar-refractivity contribution in [3.05, 3.63) is 39.4 Å². The summed E-state index contributed by atoms with van der Waals surface area (Å²) in [6.07, 6.45) is 4.11. The van der Waals surface area contributed by atoms with Gasteiger partial charge in [-0.2, -0.15) is 0 Å². The number of methoxy groups -OCH3 is 1. The van der Waals surface area contributed by atoms with Crippen LogP contribution in [-0.4, -0.2) is 44.7 Å². The average molecular weight is 290 g/mol. The fourth-order valence-corrected chi connectivity index (χ4v) is 2.56. The number of hydrogen-bond donors (Lipinski definition) is 0. The fourth-order valence-electron chi connectivity index (χ4n) is 2.56. The van der Waals surface area contributed by atoms with Gasteiger partial charge in [-0.3, -0.25) is 10.1 Å². The van der Waals surface area contributed by atoms with Gasteiger partial charge in [0.1, 0.15) is 0 Å². The van der Waals surface area contributed by atoms with E-state index in [1.54, 1.807) is 19.2 Å². The molecule has 0 radical (unpaired) electrons. The Kier molecular flexibility index (Phi) is 5.35. The van der Waals surface area contributed by atoms with E-state index in [2.05, 4.69) is 4.81 Å². The SMILES string of the molecule is COBN1CCCC(=Cc2ccc(OC)c([N+](=O)[O-])c2)C1. The highest BCUT2D eigenvalue weighted by molar-refractivity contribution is 6.23. The second-order valence-corrected chi connectivity index (χ2v) is 5.06. The molecule has 1 aliphatic heterocycles. The number of ether oxygens (including phenoxy) is 1. The number of piperidine rings is 1. The van der Waals surface area contributed by atoms with E-state index >= 15 is 0 Å². The van der Waals surface area contributed by atoms with Crippen LogP contribution in [-0.2, 0) is 4.65 Å². The molecule has 0 atom stereocenters. The summed E-state index contributed by atoms with van der Waals surface area (Å²) in [6, 6.07) is 5.04. The molecule has 1 fully saturated rings. The maximum Gasteiger partial charge on any atom is 0.363 e. The fraction of sp³-hybridized carbons (Fsp3) is 0.429. The van der Waals surface area contributed by atoms with Crippen molar-refractivity contribution in [2.24, 2.45) is 0 Å². The van der Waals surface area contributed by atoms with E-state index in [4.69, 9.17) is 9.39 Å². The minimum Gasteiger partial charge on any atom is -0.490 e. The summed E-state index contributed by atoms with van der Waals surface area (Å²) < 4.78 is 10.2. The molecule has 0 saturated carbocycles. The summed E-state index contributed by atoms with van der Waals surface area (Å²) in [5.74, 6) is 0.284. The van der Waals surface area contributed by atoms with Crippen molar-refractivity contribution in [1.29, 1.82) is 0 Å². The van der Waals surface area contributed by atoms with E-state index in [0.29, 0.717) is 7.62 Å². The first-order valence-corrected chi connectivity index (χ1v) is 6.87. The summed E-state index contributed by atoms with van der Waals surface area (Å²) in [6.45, 7) is 1.86. The van der Waals surface area contributed by atoms with Crippen molar-refractivity contribution in [3.63, 3.8) is 0 Å². The Morgan fingerprint density at radius 3 is 2.90 bits per heavy atom. The van der Waals surface area contributed by atoms with Gasteiger partial charge < -0.3 is 14.2 Å². The molecule has 0 amide bonds. The second-order valence-electron chi connectivity index (χ2n) is 5.06. The third kappa shape index (κ3) is 4.06. The highest BCUT2D eigenvalue weighted by Gasteiger charge is 2.17. The lowest BCUT2D eigenvalue weighted by Crippen LogP contribution is -2.35. The molecular formula is C14H19BN2O4. The van der Waals surface area contributed by atoms with Crippen LogP contribution in [0, 0.1) is 10.1 Å². The molecule has 0 spiro atoms. The summed E-state index contributed by atoms with van der Waals surface area (Å²) in [4.78, 5) is 12.8. The Morgan fingerprint density at radius 2 is 2.24 bits per heavy atom. The van der Waals surface area contributed by atoms with Crippen LogP contribution in [0.5, 0.6) is 5.75 Å². The maximum absolute atomic E-state index is 11.0. The quantitative estimate of drug-likeness (QED) is 0.471. The zero-order valence-electron chi connectivity index (χ0n) is 12.4. The van der Waals surface area contributed by atoms with E-state index in [0.717, 1.165) is 31.5 Å². The Hall–Kier alpha value is -1.86. The molecule has 1 saturated heterocycles. The Morgan fingerprint density at radius 1 is 1.43 bits per heavy atom. The summed E-state index contributed by atoms with van der Waals surface area (Å²) in [7, 11) is 3.73. The molecular weight excluding hydrogens is 271 g/mol. The van der Waals surface area contributed by atoms with Crippen LogP contribution in [0.2, 0.25) is 0 Å². The van der Waals surface area contributed by atoms with Crippen LogP contribution >= 0.6 is 0 Å². The van der Waals surface area contributed by atoms with Crippen molar-refractivity contribution in [2.45, 2.75) is 12.8 Å². The molecule has 6 nitrogen and oxygen atoms in total. The van der Waals surface area contributed by atoms with E-state index in [1.165, 1.54) is 12.7 Å². The van der Waals surface area contributed by atoms with Crippen LogP contribution in [0.3, 0.4) is 0 Å². The molecule has 1 aromatic rings. The van der Waals surface area contributed by atoms with Gasteiger partial charge in [-0.05, 0) is 31.0 Å². The van der Waals surface area contributed by atoms with Gasteiger partial charge in [0.05, 0.1) is 12.0 Å². The van der Waals surface area contributed by atoms with E-state index in [9.17, 15) is 10.1 Å². The lowest BCUT2D eigenvalue weighted by molar-refractivity contribution is -0.385. The minimum atomic E-state index is -0.418. The van der Waals surface area contributed by atoms with Crippen LogP contribution in [0.4, 0.5) is 5.69 Å². The normalized spacial score (nSPS) is 17.7. The smallest absolute Gasteiger partial charge is 0.363 e.